The topological polar surface area (TPSA) is 105 Å². The second-order valence-corrected chi connectivity index (χ2v) is 7.21. The molecule has 1 atom stereocenters. The maximum atomic E-state index is 13.0. The van der Waals surface area contributed by atoms with Gasteiger partial charge in [-0.25, -0.2) is 12.8 Å². The van der Waals surface area contributed by atoms with Gasteiger partial charge in [0.1, 0.15) is 12.0 Å². The first-order valence-corrected chi connectivity index (χ1v) is 9.25. The smallest absolute Gasteiger partial charge is 0.309 e. The zero-order valence-corrected chi connectivity index (χ0v) is 14.5. The van der Waals surface area contributed by atoms with E-state index in [-0.39, 0.29) is 18.0 Å². The summed E-state index contributed by atoms with van der Waals surface area (Å²) in [6.07, 6.45) is -0.455. The molecule has 2 amide bonds. The Labute approximate surface area is 145 Å². The molecule has 0 aromatic heterocycles. The number of ether oxygens (including phenoxy) is 1. The number of hydrogen-bond acceptors (Lipinski definition) is 5. The molecule has 2 rings (SSSR count). The van der Waals surface area contributed by atoms with Crippen LogP contribution < -0.4 is 10.6 Å². The van der Waals surface area contributed by atoms with E-state index in [0.717, 1.165) is 16.4 Å². The van der Waals surface area contributed by atoms with Gasteiger partial charge in [0.15, 0.2) is 0 Å². The molecule has 0 bridgehead atoms. The molecule has 8 nitrogen and oxygen atoms in total. The maximum Gasteiger partial charge on any atom is 0.309 e. The predicted octanol–water partition coefficient (Wildman–Crippen LogP) is -0.185. The zero-order chi connectivity index (χ0) is 18.4. The predicted molar refractivity (Wildman–Crippen MR) is 86.3 cm³/mol. The van der Waals surface area contributed by atoms with Gasteiger partial charge in [-0.15, -0.1) is 0 Å². The van der Waals surface area contributed by atoms with E-state index >= 15 is 0 Å². The molecule has 25 heavy (non-hydrogen) atoms. The van der Waals surface area contributed by atoms with Gasteiger partial charge in [-0.3, -0.25) is 9.59 Å². The number of rotatable bonds is 5. The number of benzene rings is 1. The first-order chi connectivity index (χ1) is 11.9. The van der Waals surface area contributed by atoms with Gasteiger partial charge in [0.25, 0.3) is 0 Å². The summed E-state index contributed by atoms with van der Waals surface area (Å²) in [7, 11) is -3.92. The molecule has 1 heterocycles. The zero-order valence-electron chi connectivity index (χ0n) is 13.7. The fraction of sp³-hybridized carbons (Fsp3) is 0.467. The molecule has 138 valence electrons. The van der Waals surface area contributed by atoms with Crippen molar-refractivity contribution >= 4 is 21.8 Å². The van der Waals surface area contributed by atoms with Gasteiger partial charge in [-0.1, -0.05) is 0 Å². The Kier molecular flexibility index (Phi) is 6.45. The number of carbonyl (C=O) groups excluding carboxylic acids is 2. The summed E-state index contributed by atoms with van der Waals surface area (Å²) in [4.78, 5) is 23.0. The molecule has 1 aliphatic rings. The summed E-state index contributed by atoms with van der Waals surface area (Å²) in [6.45, 7) is 2.33. The number of hydrogen-bond donors (Lipinski definition) is 2. The van der Waals surface area contributed by atoms with Crippen molar-refractivity contribution in [1.82, 2.24) is 14.9 Å². The van der Waals surface area contributed by atoms with Crippen LogP contribution in [0.2, 0.25) is 0 Å². The minimum absolute atomic E-state index is 0.0700. The van der Waals surface area contributed by atoms with Gasteiger partial charge in [-0.2, -0.15) is 4.31 Å². The lowest BCUT2D eigenvalue weighted by atomic mass is 10.3. The number of carbonyl (C=O) groups is 2. The van der Waals surface area contributed by atoms with Crippen LogP contribution >= 0.6 is 0 Å². The standard InChI is InChI=1S/C15H20FN3O5S/c1-2-17-14(20)15(21)18-10-13-19(8-3-9-24-13)25(22,23)12-6-4-11(16)5-7-12/h4-7,13H,2-3,8-10H2,1H3,(H,17,20)(H,18,21)/t13-/m0/s1. The number of halogens is 1. The van der Waals surface area contributed by atoms with Crippen molar-refractivity contribution in [3.8, 4) is 0 Å². The third-order valence-corrected chi connectivity index (χ3v) is 5.46. The molecule has 1 fully saturated rings. The van der Waals surface area contributed by atoms with Gasteiger partial charge < -0.3 is 15.4 Å². The summed E-state index contributed by atoms with van der Waals surface area (Å²) in [5, 5.41) is 4.70. The quantitative estimate of drug-likeness (QED) is 0.697. The highest BCUT2D eigenvalue weighted by Gasteiger charge is 2.34. The van der Waals surface area contributed by atoms with Gasteiger partial charge in [-0.05, 0) is 37.6 Å². The van der Waals surface area contributed by atoms with E-state index in [1.807, 2.05) is 0 Å². The Morgan fingerprint density at radius 3 is 2.52 bits per heavy atom. The van der Waals surface area contributed by atoms with Gasteiger partial charge in [0.05, 0.1) is 18.0 Å². The van der Waals surface area contributed by atoms with Crippen LogP contribution in [0, 0.1) is 5.82 Å². The molecule has 1 aliphatic heterocycles. The molecule has 1 saturated heterocycles. The van der Waals surface area contributed by atoms with Crippen LogP contribution in [-0.4, -0.2) is 57.0 Å². The van der Waals surface area contributed by atoms with Crippen molar-refractivity contribution in [2.75, 3.05) is 26.2 Å². The maximum absolute atomic E-state index is 13.0. The third-order valence-electron chi connectivity index (χ3n) is 3.56. The number of sulfonamides is 1. The fourth-order valence-corrected chi connectivity index (χ4v) is 3.91. The van der Waals surface area contributed by atoms with Crippen LogP contribution in [0.15, 0.2) is 29.2 Å². The highest BCUT2D eigenvalue weighted by Crippen LogP contribution is 2.22. The highest BCUT2D eigenvalue weighted by atomic mass is 32.2. The van der Waals surface area contributed by atoms with E-state index in [2.05, 4.69) is 10.6 Å². The fourth-order valence-electron chi connectivity index (χ4n) is 2.35. The van der Waals surface area contributed by atoms with Crippen LogP contribution in [0.1, 0.15) is 13.3 Å². The van der Waals surface area contributed by atoms with Crippen LogP contribution in [0.5, 0.6) is 0 Å². The highest BCUT2D eigenvalue weighted by molar-refractivity contribution is 7.89. The third kappa shape index (κ3) is 4.74. The summed E-state index contributed by atoms with van der Waals surface area (Å²) >= 11 is 0. The molecule has 10 heteroatoms. The second-order valence-electron chi connectivity index (χ2n) is 5.32. The molecule has 1 aromatic rings. The molecule has 0 spiro atoms. The average Bonchev–Trinajstić information content (AvgIpc) is 2.60. The van der Waals surface area contributed by atoms with Crippen molar-refractivity contribution in [1.29, 1.82) is 0 Å². The Morgan fingerprint density at radius 1 is 1.24 bits per heavy atom. The molecule has 0 radical (unpaired) electrons. The molecular weight excluding hydrogens is 353 g/mol. The monoisotopic (exact) mass is 373 g/mol. The van der Waals surface area contributed by atoms with E-state index in [0.29, 0.717) is 19.6 Å². The SMILES string of the molecule is CCNC(=O)C(=O)NC[C@@H]1OCCCN1S(=O)(=O)c1ccc(F)cc1. The Balaban J connectivity index is 2.10. The van der Waals surface area contributed by atoms with E-state index in [1.54, 1.807) is 6.92 Å². The van der Waals surface area contributed by atoms with Crippen molar-refractivity contribution in [3.05, 3.63) is 30.1 Å². The lowest BCUT2D eigenvalue weighted by Gasteiger charge is -2.34. The normalized spacial score (nSPS) is 18.6. The Hall–Kier alpha value is -2.04. The van der Waals surface area contributed by atoms with E-state index < -0.39 is 33.9 Å². The first-order valence-electron chi connectivity index (χ1n) is 7.81. The van der Waals surface area contributed by atoms with Gasteiger partial charge >= 0.3 is 11.8 Å². The minimum atomic E-state index is -3.92. The summed E-state index contributed by atoms with van der Waals surface area (Å²) in [5.74, 6) is -2.21. The van der Waals surface area contributed by atoms with Crippen molar-refractivity contribution in [2.24, 2.45) is 0 Å². The van der Waals surface area contributed by atoms with Crippen LogP contribution in [0.3, 0.4) is 0 Å². The van der Waals surface area contributed by atoms with E-state index in [1.165, 1.54) is 12.1 Å². The van der Waals surface area contributed by atoms with Gasteiger partial charge in [0, 0.05) is 13.1 Å². The molecule has 0 aliphatic carbocycles. The van der Waals surface area contributed by atoms with Gasteiger partial charge in [0.2, 0.25) is 10.0 Å². The van der Waals surface area contributed by atoms with Crippen LogP contribution in [-0.2, 0) is 24.3 Å². The van der Waals surface area contributed by atoms with Crippen LogP contribution in [0.4, 0.5) is 4.39 Å². The minimum Gasteiger partial charge on any atom is -0.360 e. The largest absolute Gasteiger partial charge is 0.360 e. The summed E-state index contributed by atoms with van der Waals surface area (Å²) in [5.41, 5.74) is 0. The van der Waals surface area contributed by atoms with Crippen molar-refractivity contribution in [3.63, 3.8) is 0 Å². The first kappa shape index (κ1) is 19.3. The van der Waals surface area contributed by atoms with Crippen molar-refractivity contribution < 1.29 is 27.1 Å². The van der Waals surface area contributed by atoms with Crippen LogP contribution in [0.25, 0.3) is 0 Å². The molecular formula is C15H20FN3O5S. The molecule has 1 aromatic carbocycles. The number of amides is 2. The Bertz CT molecular complexity index is 723. The molecule has 0 unspecified atom stereocenters. The summed E-state index contributed by atoms with van der Waals surface area (Å²) < 4.78 is 45.0. The average molecular weight is 373 g/mol. The summed E-state index contributed by atoms with van der Waals surface area (Å²) in [6, 6.07) is 4.46. The number of likely N-dealkylation sites (N-methyl/N-ethyl adjacent to an activating group) is 1. The molecule has 0 saturated carbocycles. The second kappa shape index (κ2) is 8.37. The lowest BCUT2D eigenvalue weighted by molar-refractivity contribution is -0.140. The Morgan fingerprint density at radius 2 is 1.88 bits per heavy atom. The van der Waals surface area contributed by atoms with E-state index in [4.69, 9.17) is 4.74 Å². The van der Waals surface area contributed by atoms with Crippen molar-refractivity contribution in [2.45, 2.75) is 24.5 Å². The lowest BCUT2D eigenvalue weighted by Crippen LogP contribution is -2.53. The number of nitrogens with one attached hydrogen (secondary N) is 2. The van der Waals surface area contributed by atoms with E-state index in [9.17, 15) is 22.4 Å². The number of nitrogens with zero attached hydrogens (tertiary/aromatic N) is 1. The molecule has 2 N–H and O–H groups in total.